The summed E-state index contributed by atoms with van der Waals surface area (Å²) in [5.41, 5.74) is 0.763. The smallest absolute Gasteiger partial charge is 0.224 e. The molecule has 2 rings (SSSR count). The quantitative estimate of drug-likeness (QED) is 0.861. The van der Waals surface area contributed by atoms with Crippen LogP contribution in [-0.2, 0) is 11.2 Å². The third-order valence-corrected chi connectivity index (χ3v) is 3.49. The molecule has 1 saturated heterocycles. The van der Waals surface area contributed by atoms with E-state index in [1.54, 1.807) is 0 Å². The van der Waals surface area contributed by atoms with Gasteiger partial charge in [-0.1, -0.05) is 29.8 Å². The molecule has 2 N–H and O–H groups in total. The Morgan fingerprint density at radius 2 is 2.29 bits per heavy atom. The van der Waals surface area contributed by atoms with Crippen molar-refractivity contribution < 1.29 is 4.79 Å². The van der Waals surface area contributed by atoms with E-state index in [0.717, 1.165) is 25.1 Å². The van der Waals surface area contributed by atoms with Crippen molar-refractivity contribution in [3.8, 4) is 0 Å². The molecule has 0 saturated carbocycles. The monoisotopic (exact) mass is 252 g/mol. The molecule has 1 aromatic carbocycles. The summed E-state index contributed by atoms with van der Waals surface area (Å²) in [6.45, 7) is 3.86. The number of rotatable bonds is 3. The van der Waals surface area contributed by atoms with Gasteiger partial charge in [0.15, 0.2) is 0 Å². The average molecular weight is 253 g/mol. The Kier molecular flexibility index (Phi) is 3.69. The number of carbonyl (C=O) groups is 1. The molecule has 1 aliphatic heterocycles. The molecule has 1 fully saturated rings. The summed E-state index contributed by atoms with van der Waals surface area (Å²) < 4.78 is 0. The van der Waals surface area contributed by atoms with Gasteiger partial charge in [-0.05, 0) is 31.5 Å². The highest BCUT2D eigenvalue weighted by atomic mass is 35.5. The van der Waals surface area contributed by atoms with Crippen molar-refractivity contribution in [1.82, 2.24) is 10.6 Å². The lowest BCUT2D eigenvalue weighted by Crippen LogP contribution is -2.48. The topological polar surface area (TPSA) is 41.1 Å². The molecule has 17 heavy (non-hydrogen) atoms. The Labute approximate surface area is 107 Å². The van der Waals surface area contributed by atoms with Crippen molar-refractivity contribution in [2.45, 2.75) is 25.3 Å². The van der Waals surface area contributed by atoms with Crippen molar-refractivity contribution in [3.63, 3.8) is 0 Å². The fourth-order valence-electron chi connectivity index (χ4n) is 2.12. The Hall–Kier alpha value is -1.06. The molecule has 0 aromatic heterocycles. The number of hydrogen-bond acceptors (Lipinski definition) is 2. The first-order chi connectivity index (χ1) is 8.09. The summed E-state index contributed by atoms with van der Waals surface area (Å²) in [5.74, 6) is 0.0318. The van der Waals surface area contributed by atoms with Crippen molar-refractivity contribution in [2.75, 3.05) is 13.1 Å². The van der Waals surface area contributed by atoms with Crippen LogP contribution in [0.2, 0.25) is 5.02 Å². The largest absolute Gasteiger partial charge is 0.349 e. The van der Waals surface area contributed by atoms with Gasteiger partial charge >= 0.3 is 0 Å². The van der Waals surface area contributed by atoms with E-state index in [1.807, 2.05) is 24.3 Å². The molecule has 1 unspecified atom stereocenters. The van der Waals surface area contributed by atoms with Crippen LogP contribution in [0.15, 0.2) is 24.3 Å². The van der Waals surface area contributed by atoms with E-state index in [0.29, 0.717) is 11.4 Å². The molecule has 92 valence electrons. The lowest BCUT2D eigenvalue weighted by molar-refractivity contribution is -0.122. The number of carbonyl (C=O) groups excluding carboxylic acids is 1. The SMILES string of the molecule is CC1(NC(=O)Cc2ccccc2Cl)CCNC1. The van der Waals surface area contributed by atoms with E-state index in [9.17, 15) is 4.79 Å². The molecule has 1 atom stereocenters. The molecule has 1 aromatic rings. The van der Waals surface area contributed by atoms with Gasteiger partial charge in [-0.2, -0.15) is 0 Å². The highest BCUT2D eigenvalue weighted by molar-refractivity contribution is 6.31. The minimum atomic E-state index is -0.113. The predicted molar refractivity (Wildman–Crippen MR) is 69.2 cm³/mol. The number of nitrogens with one attached hydrogen (secondary N) is 2. The van der Waals surface area contributed by atoms with E-state index in [4.69, 9.17) is 11.6 Å². The first-order valence-corrected chi connectivity index (χ1v) is 6.22. The maximum Gasteiger partial charge on any atom is 0.224 e. The fraction of sp³-hybridized carbons (Fsp3) is 0.462. The number of hydrogen-bond donors (Lipinski definition) is 2. The summed E-state index contributed by atoms with van der Waals surface area (Å²) in [4.78, 5) is 11.9. The number of benzene rings is 1. The second-order valence-electron chi connectivity index (χ2n) is 4.80. The zero-order valence-corrected chi connectivity index (χ0v) is 10.7. The van der Waals surface area contributed by atoms with Crippen molar-refractivity contribution in [2.24, 2.45) is 0 Å². The molecule has 0 spiro atoms. The predicted octanol–water partition coefficient (Wildman–Crippen LogP) is 1.75. The van der Waals surface area contributed by atoms with Gasteiger partial charge in [-0.15, -0.1) is 0 Å². The van der Waals surface area contributed by atoms with Gasteiger partial charge < -0.3 is 10.6 Å². The summed E-state index contributed by atoms with van der Waals surface area (Å²) >= 11 is 6.03. The highest BCUT2D eigenvalue weighted by Crippen LogP contribution is 2.17. The Morgan fingerprint density at radius 1 is 1.53 bits per heavy atom. The maximum atomic E-state index is 11.9. The minimum absolute atomic E-state index is 0.0318. The maximum absolute atomic E-state index is 11.9. The van der Waals surface area contributed by atoms with Gasteiger partial charge in [0, 0.05) is 11.6 Å². The van der Waals surface area contributed by atoms with Crippen LogP contribution < -0.4 is 10.6 Å². The van der Waals surface area contributed by atoms with E-state index in [-0.39, 0.29) is 11.4 Å². The lowest BCUT2D eigenvalue weighted by Gasteiger charge is -2.24. The summed E-state index contributed by atoms with van der Waals surface area (Å²) in [7, 11) is 0. The van der Waals surface area contributed by atoms with Crippen LogP contribution in [0.25, 0.3) is 0 Å². The van der Waals surface area contributed by atoms with Gasteiger partial charge in [0.1, 0.15) is 0 Å². The molecule has 3 nitrogen and oxygen atoms in total. The summed E-state index contributed by atoms with van der Waals surface area (Å²) in [6.07, 6.45) is 1.32. The lowest BCUT2D eigenvalue weighted by atomic mass is 10.0. The second-order valence-corrected chi connectivity index (χ2v) is 5.21. The van der Waals surface area contributed by atoms with Crippen LogP contribution in [0.3, 0.4) is 0 Å². The third kappa shape index (κ3) is 3.20. The molecule has 0 aliphatic carbocycles. The molecular weight excluding hydrogens is 236 g/mol. The van der Waals surface area contributed by atoms with Crippen LogP contribution in [0.4, 0.5) is 0 Å². The molecule has 1 aliphatic rings. The Bertz CT molecular complexity index is 414. The van der Waals surface area contributed by atoms with E-state index in [2.05, 4.69) is 17.6 Å². The molecule has 0 bridgehead atoms. The normalized spacial score (nSPS) is 23.6. The molecule has 0 radical (unpaired) electrons. The van der Waals surface area contributed by atoms with Gasteiger partial charge in [-0.3, -0.25) is 4.79 Å². The van der Waals surface area contributed by atoms with Gasteiger partial charge in [0.25, 0.3) is 0 Å². The van der Waals surface area contributed by atoms with Crippen LogP contribution in [0, 0.1) is 0 Å². The second kappa shape index (κ2) is 5.07. The number of halogens is 1. The van der Waals surface area contributed by atoms with Gasteiger partial charge in [0.05, 0.1) is 12.0 Å². The van der Waals surface area contributed by atoms with E-state index < -0.39 is 0 Å². The average Bonchev–Trinajstić information content (AvgIpc) is 2.68. The molecule has 4 heteroatoms. The van der Waals surface area contributed by atoms with Crippen molar-refractivity contribution >= 4 is 17.5 Å². The highest BCUT2D eigenvalue weighted by Gasteiger charge is 2.29. The standard InChI is InChI=1S/C13H17ClN2O/c1-13(6-7-15-9-13)16-12(17)8-10-4-2-3-5-11(10)14/h2-5,15H,6-9H2,1H3,(H,16,17). The summed E-state index contributed by atoms with van der Waals surface area (Å²) in [6, 6.07) is 7.46. The first-order valence-electron chi connectivity index (χ1n) is 5.84. The zero-order chi connectivity index (χ0) is 12.3. The van der Waals surface area contributed by atoms with Crippen LogP contribution in [0.1, 0.15) is 18.9 Å². The molecular formula is C13H17ClN2O. The minimum Gasteiger partial charge on any atom is -0.349 e. The third-order valence-electron chi connectivity index (χ3n) is 3.12. The first kappa shape index (κ1) is 12.4. The van der Waals surface area contributed by atoms with E-state index >= 15 is 0 Å². The molecule has 1 heterocycles. The fourth-order valence-corrected chi connectivity index (χ4v) is 2.32. The molecule has 1 amide bonds. The van der Waals surface area contributed by atoms with Crippen molar-refractivity contribution in [3.05, 3.63) is 34.9 Å². The Morgan fingerprint density at radius 3 is 2.94 bits per heavy atom. The van der Waals surface area contributed by atoms with Gasteiger partial charge in [-0.25, -0.2) is 0 Å². The van der Waals surface area contributed by atoms with E-state index in [1.165, 1.54) is 0 Å². The van der Waals surface area contributed by atoms with Crippen molar-refractivity contribution in [1.29, 1.82) is 0 Å². The Balaban J connectivity index is 1.96. The zero-order valence-electron chi connectivity index (χ0n) is 9.92. The van der Waals surface area contributed by atoms with Crippen LogP contribution >= 0.6 is 11.6 Å². The van der Waals surface area contributed by atoms with Gasteiger partial charge in [0.2, 0.25) is 5.91 Å². The van der Waals surface area contributed by atoms with Crippen LogP contribution in [-0.4, -0.2) is 24.5 Å². The van der Waals surface area contributed by atoms with Crippen LogP contribution in [0.5, 0.6) is 0 Å². The summed E-state index contributed by atoms with van der Waals surface area (Å²) in [5, 5.41) is 6.97. The number of amides is 1.